The molecule has 27 heavy (non-hydrogen) atoms. The summed E-state index contributed by atoms with van der Waals surface area (Å²) in [7, 11) is 0. The number of likely N-dealkylation sites (tertiary alicyclic amines) is 1. The Morgan fingerprint density at radius 3 is 2.70 bits per heavy atom. The number of hydrogen-bond donors (Lipinski definition) is 2. The van der Waals surface area contributed by atoms with Gasteiger partial charge < -0.3 is 24.4 Å². The Balaban J connectivity index is 1.78. The van der Waals surface area contributed by atoms with E-state index in [1.54, 1.807) is 29.2 Å². The minimum absolute atomic E-state index is 0.00715. The average Bonchev–Trinajstić information content (AvgIpc) is 3.09. The molecule has 1 aliphatic heterocycles. The van der Waals surface area contributed by atoms with E-state index in [4.69, 9.17) is 9.52 Å². The largest absolute Gasteiger partial charge is 0.451 e. The second kappa shape index (κ2) is 8.65. The fraction of sp³-hybridized carbons (Fsp3) is 0.500. The van der Waals surface area contributed by atoms with Gasteiger partial charge in [0, 0.05) is 44.8 Å². The number of aliphatic hydroxyl groups excluding tert-OH is 2. The summed E-state index contributed by atoms with van der Waals surface area (Å²) in [4.78, 5) is 28.9. The van der Waals surface area contributed by atoms with Crippen LogP contribution in [0.15, 0.2) is 39.5 Å². The molecule has 7 heteroatoms. The number of likely N-dealkylation sites (N-methyl/N-ethyl adjacent to an activating group) is 1. The first-order valence-corrected chi connectivity index (χ1v) is 9.33. The first-order valence-electron chi connectivity index (χ1n) is 9.33. The maximum absolute atomic E-state index is 12.9. The molecule has 2 atom stereocenters. The molecule has 1 aromatic heterocycles. The predicted molar refractivity (Wildman–Crippen MR) is 102 cm³/mol. The quantitative estimate of drug-likeness (QED) is 0.744. The molecule has 1 aliphatic rings. The monoisotopic (exact) mass is 374 g/mol. The highest BCUT2D eigenvalue weighted by atomic mass is 16.3. The van der Waals surface area contributed by atoms with Gasteiger partial charge in [-0.05, 0) is 24.6 Å². The van der Waals surface area contributed by atoms with Crippen LogP contribution < -0.4 is 5.43 Å². The standard InChI is InChI=1S/C20H26N2O5/c1-2-21(7-8-23)10-14-11-22(12-15(14)13-24)20(26)19-9-17(25)16-5-3-4-6-18(16)27-19/h3-6,9,14-15,23-24H,2,7-8,10-13H2,1H3/t14-,15-/m1/s1. The van der Waals surface area contributed by atoms with Crippen LogP contribution in [0.25, 0.3) is 11.0 Å². The van der Waals surface area contributed by atoms with Crippen molar-refractivity contribution in [3.8, 4) is 0 Å². The molecule has 0 unspecified atom stereocenters. The second-order valence-corrected chi connectivity index (χ2v) is 7.00. The molecule has 1 aromatic carbocycles. The number of para-hydroxylation sites is 1. The Labute approximate surface area is 157 Å². The molecule has 0 aliphatic carbocycles. The van der Waals surface area contributed by atoms with Crippen molar-refractivity contribution in [1.29, 1.82) is 0 Å². The van der Waals surface area contributed by atoms with Crippen molar-refractivity contribution in [3.05, 3.63) is 46.3 Å². The lowest BCUT2D eigenvalue weighted by Gasteiger charge is -2.25. The molecule has 0 radical (unpaired) electrons. The lowest BCUT2D eigenvalue weighted by molar-refractivity contribution is 0.0747. The number of carbonyl (C=O) groups excluding carboxylic acids is 1. The summed E-state index contributed by atoms with van der Waals surface area (Å²) in [6.45, 7) is 5.07. The third kappa shape index (κ3) is 4.21. The van der Waals surface area contributed by atoms with E-state index in [1.807, 2.05) is 6.92 Å². The first kappa shape index (κ1) is 19.5. The van der Waals surface area contributed by atoms with Crippen LogP contribution in [-0.4, -0.2) is 71.9 Å². The van der Waals surface area contributed by atoms with Crippen LogP contribution in [0.5, 0.6) is 0 Å². The fourth-order valence-corrected chi connectivity index (χ4v) is 3.74. The molecule has 1 fully saturated rings. The van der Waals surface area contributed by atoms with Gasteiger partial charge in [-0.1, -0.05) is 19.1 Å². The molecular weight excluding hydrogens is 348 g/mol. The van der Waals surface area contributed by atoms with Gasteiger partial charge in [-0.2, -0.15) is 0 Å². The Morgan fingerprint density at radius 2 is 2.00 bits per heavy atom. The van der Waals surface area contributed by atoms with Gasteiger partial charge in [0.05, 0.1) is 12.0 Å². The van der Waals surface area contributed by atoms with Gasteiger partial charge in [-0.15, -0.1) is 0 Å². The Hall–Kier alpha value is -2.22. The molecule has 0 spiro atoms. The molecule has 146 valence electrons. The fourth-order valence-electron chi connectivity index (χ4n) is 3.74. The summed E-state index contributed by atoms with van der Waals surface area (Å²) in [5, 5.41) is 19.3. The number of nitrogens with zero attached hydrogens (tertiary/aromatic N) is 2. The molecule has 1 amide bonds. The minimum atomic E-state index is -0.330. The van der Waals surface area contributed by atoms with Crippen LogP contribution >= 0.6 is 0 Å². The van der Waals surface area contributed by atoms with Crippen molar-refractivity contribution in [2.45, 2.75) is 6.92 Å². The molecule has 3 rings (SSSR count). The van der Waals surface area contributed by atoms with Crippen LogP contribution in [0, 0.1) is 11.8 Å². The van der Waals surface area contributed by atoms with Crippen LogP contribution in [0.1, 0.15) is 17.5 Å². The van der Waals surface area contributed by atoms with Crippen LogP contribution in [0.3, 0.4) is 0 Å². The van der Waals surface area contributed by atoms with Crippen molar-refractivity contribution in [2.24, 2.45) is 11.8 Å². The van der Waals surface area contributed by atoms with E-state index < -0.39 is 0 Å². The SMILES string of the molecule is CCN(CCO)C[C@@H]1CN(C(=O)c2cc(=O)c3ccccc3o2)C[C@@H]1CO. The number of carbonyl (C=O) groups is 1. The van der Waals surface area contributed by atoms with Gasteiger partial charge in [0.15, 0.2) is 11.2 Å². The summed E-state index contributed by atoms with van der Waals surface area (Å²) in [5.41, 5.74) is 0.151. The van der Waals surface area contributed by atoms with Crippen molar-refractivity contribution in [3.63, 3.8) is 0 Å². The molecule has 2 N–H and O–H groups in total. The Morgan fingerprint density at radius 1 is 1.26 bits per heavy atom. The smallest absolute Gasteiger partial charge is 0.289 e. The van der Waals surface area contributed by atoms with Gasteiger partial charge in [0.2, 0.25) is 0 Å². The summed E-state index contributed by atoms with van der Waals surface area (Å²) in [6.07, 6.45) is 0. The summed E-state index contributed by atoms with van der Waals surface area (Å²) >= 11 is 0. The molecule has 1 saturated heterocycles. The summed E-state index contributed by atoms with van der Waals surface area (Å²) in [5.74, 6) is -0.228. The highest BCUT2D eigenvalue weighted by molar-refractivity contribution is 5.93. The molecule has 0 saturated carbocycles. The molecule has 2 aromatic rings. The zero-order chi connectivity index (χ0) is 19.4. The van der Waals surface area contributed by atoms with E-state index in [1.165, 1.54) is 6.07 Å². The van der Waals surface area contributed by atoms with E-state index in [0.717, 1.165) is 6.54 Å². The number of aliphatic hydroxyl groups is 2. The van der Waals surface area contributed by atoms with Gasteiger partial charge in [0.1, 0.15) is 5.58 Å². The zero-order valence-electron chi connectivity index (χ0n) is 15.5. The Kier molecular flexibility index (Phi) is 6.26. The maximum Gasteiger partial charge on any atom is 0.289 e. The normalized spacial score (nSPS) is 19.9. The van der Waals surface area contributed by atoms with E-state index in [2.05, 4.69) is 4.90 Å². The van der Waals surface area contributed by atoms with Crippen LogP contribution in [0.4, 0.5) is 0 Å². The lowest BCUT2D eigenvalue weighted by Crippen LogP contribution is -2.36. The molecular formula is C20H26N2O5. The molecule has 2 heterocycles. The third-order valence-electron chi connectivity index (χ3n) is 5.30. The molecule has 0 bridgehead atoms. The van der Waals surface area contributed by atoms with Crippen LogP contribution in [0.2, 0.25) is 0 Å². The topological polar surface area (TPSA) is 94.2 Å². The number of fused-ring (bicyclic) bond motifs is 1. The van der Waals surface area contributed by atoms with Gasteiger partial charge in [-0.3, -0.25) is 9.59 Å². The maximum atomic E-state index is 12.9. The zero-order valence-corrected chi connectivity index (χ0v) is 15.5. The number of hydrogen-bond acceptors (Lipinski definition) is 6. The van der Waals surface area contributed by atoms with Crippen molar-refractivity contribution < 1.29 is 19.4 Å². The summed E-state index contributed by atoms with van der Waals surface area (Å²) < 4.78 is 5.66. The lowest BCUT2D eigenvalue weighted by atomic mass is 9.96. The van der Waals surface area contributed by atoms with Gasteiger partial charge in [0.25, 0.3) is 5.91 Å². The van der Waals surface area contributed by atoms with Crippen molar-refractivity contribution in [2.75, 3.05) is 45.9 Å². The number of amides is 1. The van der Waals surface area contributed by atoms with Gasteiger partial charge in [-0.25, -0.2) is 0 Å². The van der Waals surface area contributed by atoms with Crippen molar-refractivity contribution in [1.82, 2.24) is 9.80 Å². The average molecular weight is 374 g/mol. The second-order valence-electron chi connectivity index (χ2n) is 7.00. The van der Waals surface area contributed by atoms with E-state index in [9.17, 15) is 14.7 Å². The van der Waals surface area contributed by atoms with Crippen molar-refractivity contribution >= 4 is 16.9 Å². The minimum Gasteiger partial charge on any atom is -0.451 e. The van der Waals surface area contributed by atoms with E-state index >= 15 is 0 Å². The van der Waals surface area contributed by atoms with E-state index in [-0.39, 0.29) is 42.1 Å². The third-order valence-corrected chi connectivity index (χ3v) is 5.30. The predicted octanol–water partition coefficient (Wildman–Crippen LogP) is 0.788. The van der Waals surface area contributed by atoms with E-state index in [0.29, 0.717) is 37.1 Å². The highest BCUT2D eigenvalue weighted by Crippen LogP contribution is 2.26. The number of benzene rings is 1. The summed E-state index contributed by atoms with van der Waals surface area (Å²) in [6, 6.07) is 8.10. The molecule has 7 nitrogen and oxygen atoms in total. The number of rotatable bonds is 7. The Bertz CT molecular complexity index is 850. The first-order chi connectivity index (χ1) is 13.1. The van der Waals surface area contributed by atoms with Gasteiger partial charge >= 0.3 is 0 Å². The van der Waals surface area contributed by atoms with Crippen LogP contribution in [-0.2, 0) is 0 Å². The highest BCUT2D eigenvalue weighted by Gasteiger charge is 2.36.